The average Bonchev–Trinajstić information content (AvgIpc) is 2.78. The summed E-state index contributed by atoms with van der Waals surface area (Å²) >= 11 is 0. The fraction of sp³-hybridized carbons (Fsp3) is 0.500. The van der Waals surface area contributed by atoms with Crippen molar-refractivity contribution in [2.24, 2.45) is 11.0 Å². The summed E-state index contributed by atoms with van der Waals surface area (Å²) in [6, 6.07) is 17.0. The minimum atomic E-state index is -0.342. The summed E-state index contributed by atoms with van der Waals surface area (Å²) in [6.07, 6.45) is 1.00. The van der Waals surface area contributed by atoms with Crippen molar-refractivity contribution in [2.75, 3.05) is 42.1 Å². The first-order chi connectivity index (χ1) is 15.0. The maximum Gasteiger partial charge on any atom is 0.196 e. The van der Waals surface area contributed by atoms with Crippen LogP contribution in [-0.2, 0) is 0 Å². The van der Waals surface area contributed by atoms with Crippen molar-refractivity contribution in [3.05, 3.63) is 54.1 Å². The molecule has 0 amide bonds. The van der Waals surface area contributed by atoms with Crippen molar-refractivity contribution in [2.45, 2.75) is 45.7 Å². The van der Waals surface area contributed by atoms with Gasteiger partial charge in [0.25, 0.3) is 0 Å². The second-order valence-electron chi connectivity index (χ2n) is 9.06. The van der Waals surface area contributed by atoms with E-state index >= 15 is 0 Å². The standard InChI is InChI=1S/C24H35N7/c1-17(2)14-19-16-30(23-15-26-21-10-6-7-11-22(21)27-23)12-13-31(19)24(29-25)28-20-9-5-4-8-18(20)3/h4-11,17,19,23-28H,12-16H2,1-3H3. The topological polar surface area (TPSA) is 78.8 Å². The van der Waals surface area contributed by atoms with Crippen LogP contribution < -0.4 is 16.0 Å². The molecule has 4 rings (SSSR count). The SMILES string of the molecule is Cc1ccccc1NC(N=N)N1CCN(C2CNc3ccccc3N2)CC1CC(C)C. The number of para-hydroxylation sites is 3. The predicted octanol–water partition coefficient (Wildman–Crippen LogP) is 4.62. The zero-order valence-corrected chi connectivity index (χ0v) is 18.8. The minimum absolute atomic E-state index is 0.266. The third-order valence-corrected chi connectivity index (χ3v) is 6.35. The summed E-state index contributed by atoms with van der Waals surface area (Å²) in [5, 5.41) is 14.8. The van der Waals surface area contributed by atoms with Gasteiger partial charge < -0.3 is 16.0 Å². The molecule has 0 spiro atoms. The fourth-order valence-electron chi connectivity index (χ4n) is 4.74. The Morgan fingerprint density at radius 2 is 1.84 bits per heavy atom. The highest BCUT2D eigenvalue weighted by atomic mass is 15.4. The summed E-state index contributed by atoms with van der Waals surface area (Å²) in [6.45, 7) is 10.3. The Morgan fingerprint density at radius 1 is 1.10 bits per heavy atom. The van der Waals surface area contributed by atoms with Gasteiger partial charge in [-0.2, -0.15) is 5.11 Å². The molecule has 7 nitrogen and oxygen atoms in total. The molecule has 166 valence electrons. The van der Waals surface area contributed by atoms with Gasteiger partial charge in [-0.3, -0.25) is 9.80 Å². The Hall–Kier alpha value is -2.64. The number of rotatable bonds is 7. The number of benzene rings is 2. The van der Waals surface area contributed by atoms with Gasteiger partial charge in [0.1, 0.15) is 0 Å². The van der Waals surface area contributed by atoms with Crippen LogP contribution in [0.4, 0.5) is 17.1 Å². The number of nitrogens with zero attached hydrogens (tertiary/aromatic N) is 3. The van der Waals surface area contributed by atoms with E-state index in [-0.39, 0.29) is 12.5 Å². The van der Waals surface area contributed by atoms with Gasteiger partial charge in [-0.25, -0.2) is 5.53 Å². The first-order valence-corrected chi connectivity index (χ1v) is 11.3. The summed E-state index contributed by atoms with van der Waals surface area (Å²) in [7, 11) is 0. The number of nitrogens with one attached hydrogen (secondary N) is 4. The molecule has 0 aliphatic carbocycles. The third kappa shape index (κ3) is 4.99. The lowest BCUT2D eigenvalue weighted by molar-refractivity contribution is 0.0249. The molecule has 0 aromatic heterocycles. The van der Waals surface area contributed by atoms with Crippen molar-refractivity contribution < 1.29 is 0 Å². The Balaban J connectivity index is 1.47. The van der Waals surface area contributed by atoms with Crippen LogP contribution in [0.1, 0.15) is 25.8 Å². The molecule has 1 saturated heterocycles. The van der Waals surface area contributed by atoms with Crippen LogP contribution >= 0.6 is 0 Å². The molecule has 7 heteroatoms. The summed E-state index contributed by atoms with van der Waals surface area (Å²) in [5.41, 5.74) is 12.5. The van der Waals surface area contributed by atoms with Gasteiger partial charge in [0.2, 0.25) is 0 Å². The van der Waals surface area contributed by atoms with Crippen molar-refractivity contribution in [3.8, 4) is 0 Å². The molecule has 2 aromatic carbocycles. The van der Waals surface area contributed by atoms with E-state index in [1.807, 2.05) is 12.1 Å². The molecule has 3 atom stereocenters. The minimum Gasteiger partial charge on any atom is -0.380 e. The maximum absolute atomic E-state index is 7.90. The second kappa shape index (κ2) is 9.66. The molecule has 2 aliphatic rings. The van der Waals surface area contributed by atoms with Crippen LogP contribution in [-0.4, -0.2) is 54.5 Å². The molecule has 2 aromatic rings. The largest absolute Gasteiger partial charge is 0.380 e. The van der Waals surface area contributed by atoms with Gasteiger partial charge in [-0.05, 0) is 43.0 Å². The van der Waals surface area contributed by atoms with E-state index in [9.17, 15) is 0 Å². The van der Waals surface area contributed by atoms with Gasteiger partial charge in [0.15, 0.2) is 6.29 Å². The van der Waals surface area contributed by atoms with Crippen molar-refractivity contribution >= 4 is 17.1 Å². The van der Waals surface area contributed by atoms with E-state index in [2.05, 4.69) is 88.0 Å². The normalized spacial score (nSPS) is 22.8. The van der Waals surface area contributed by atoms with Crippen LogP contribution in [0.15, 0.2) is 53.6 Å². The molecule has 3 unspecified atom stereocenters. The average molecular weight is 422 g/mol. The van der Waals surface area contributed by atoms with E-state index in [1.165, 1.54) is 16.9 Å². The van der Waals surface area contributed by atoms with E-state index in [1.54, 1.807) is 0 Å². The van der Waals surface area contributed by atoms with Crippen molar-refractivity contribution in [1.82, 2.24) is 9.80 Å². The Morgan fingerprint density at radius 3 is 2.58 bits per heavy atom. The zero-order chi connectivity index (χ0) is 21.8. The van der Waals surface area contributed by atoms with Crippen LogP contribution in [0.2, 0.25) is 0 Å². The second-order valence-corrected chi connectivity index (χ2v) is 9.06. The third-order valence-electron chi connectivity index (χ3n) is 6.35. The first kappa shape index (κ1) is 21.6. The number of anilines is 3. The monoisotopic (exact) mass is 421 g/mol. The molecule has 2 heterocycles. The lowest BCUT2D eigenvalue weighted by Crippen LogP contribution is -2.62. The smallest absolute Gasteiger partial charge is 0.196 e. The lowest BCUT2D eigenvalue weighted by Gasteiger charge is -2.47. The van der Waals surface area contributed by atoms with Crippen LogP contribution in [0.3, 0.4) is 0 Å². The van der Waals surface area contributed by atoms with Gasteiger partial charge in [-0.15, -0.1) is 0 Å². The summed E-state index contributed by atoms with van der Waals surface area (Å²) in [5.74, 6) is 0.579. The van der Waals surface area contributed by atoms with Crippen LogP contribution in [0.25, 0.3) is 0 Å². The fourth-order valence-corrected chi connectivity index (χ4v) is 4.74. The van der Waals surface area contributed by atoms with Gasteiger partial charge in [0, 0.05) is 37.9 Å². The Labute approximate surface area is 185 Å². The van der Waals surface area contributed by atoms with E-state index in [0.717, 1.165) is 38.3 Å². The maximum atomic E-state index is 7.90. The quantitative estimate of drug-likeness (QED) is 0.491. The lowest BCUT2D eigenvalue weighted by atomic mass is 9.99. The highest BCUT2D eigenvalue weighted by Gasteiger charge is 2.36. The predicted molar refractivity (Wildman–Crippen MR) is 128 cm³/mol. The number of hydrogen-bond acceptors (Lipinski definition) is 7. The Bertz CT molecular complexity index is 884. The molecule has 31 heavy (non-hydrogen) atoms. The molecule has 1 fully saturated rings. The molecule has 0 radical (unpaired) electrons. The molecule has 0 bridgehead atoms. The zero-order valence-electron chi connectivity index (χ0n) is 18.8. The molecule has 2 aliphatic heterocycles. The van der Waals surface area contributed by atoms with E-state index < -0.39 is 0 Å². The van der Waals surface area contributed by atoms with E-state index in [0.29, 0.717) is 12.0 Å². The summed E-state index contributed by atoms with van der Waals surface area (Å²) < 4.78 is 0. The molecule has 0 saturated carbocycles. The number of piperazine rings is 1. The van der Waals surface area contributed by atoms with E-state index in [4.69, 9.17) is 5.53 Å². The number of fused-ring (bicyclic) bond motifs is 1. The highest BCUT2D eigenvalue weighted by molar-refractivity contribution is 5.70. The van der Waals surface area contributed by atoms with Crippen molar-refractivity contribution in [3.63, 3.8) is 0 Å². The first-order valence-electron chi connectivity index (χ1n) is 11.3. The molecular weight excluding hydrogens is 386 g/mol. The van der Waals surface area contributed by atoms with Crippen LogP contribution in [0, 0.1) is 18.4 Å². The van der Waals surface area contributed by atoms with Crippen molar-refractivity contribution in [1.29, 1.82) is 5.53 Å². The number of hydrogen-bond donors (Lipinski definition) is 4. The summed E-state index contributed by atoms with van der Waals surface area (Å²) in [4.78, 5) is 4.92. The molecular formula is C24H35N7. The van der Waals surface area contributed by atoms with Crippen LogP contribution in [0.5, 0.6) is 0 Å². The molecule has 4 N–H and O–H groups in total. The van der Waals surface area contributed by atoms with Gasteiger partial charge in [-0.1, -0.05) is 44.2 Å². The number of aryl methyl sites for hydroxylation is 1. The Kier molecular flexibility index (Phi) is 6.73. The van der Waals surface area contributed by atoms with Gasteiger partial charge >= 0.3 is 0 Å². The highest BCUT2D eigenvalue weighted by Crippen LogP contribution is 2.29. The van der Waals surface area contributed by atoms with Gasteiger partial charge in [0.05, 0.1) is 17.5 Å².